The maximum atomic E-state index is 12.9. The molecule has 4 rings (SSSR count). The number of rotatable bonds is 3. The molecule has 1 saturated heterocycles. The molecule has 0 bridgehead atoms. The molecule has 1 aliphatic heterocycles. The molecule has 0 aliphatic carbocycles. The minimum atomic E-state index is -0.138. The number of pyridine rings is 1. The molecule has 1 fully saturated rings. The molecule has 138 valence electrons. The molecule has 3 aromatic heterocycles. The number of aryl methyl sites for hydroxylation is 1. The van der Waals surface area contributed by atoms with Crippen molar-refractivity contribution in [3.8, 4) is 10.6 Å². The van der Waals surface area contributed by atoms with Crippen molar-refractivity contribution in [2.75, 3.05) is 26.2 Å². The highest BCUT2D eigenvalue weighted by Crippen LogP contribution is 2.28. The number of carbonyl (C=O) groups excluding carboxylic acids is 2. The van der Waals surface area contributed by atoms with Gasteiger partial charge in [-0.15, -0.1) is 11.3 Å². The van der Waals surface area contributed by atoms with Crippen molar-refractivity contribution >= 4 is 23.2 Å². The molecular formula is C19H18N4O3S. The van der Waals surface area contributed by atoms with Crippen LogP contribution in [-0.2, 0) is 0 Å². The van der Waals surface area contributed by atoms with Crippen LogP contribution >= 0.6 is 11.3 Å². The number of nitrogens with zero attached hydrogens (tertiary/aromatic N) is 4. The molecule has 3 aromatic rings. The second-order valence-corrected chi connectivity index (χ2v) is 7.23. The Morgan fingerprint density at radius 2 is 1.70 bits per heavy atom. The summed E-state index contributed by atoms with van der Waals surface area (Å²) in [6.07, 6.45) is 4.91. The highest BCUT2D eigenvalue weighted by atomic mass is 32.1. The molecule has 2 amide bonds. The van der Waals surface area contributed by atoms with Gasteiger partial charge in [0.25, 0.3) is 11.8 Å². The maximum absolute atomic E-state index is 12.9. The number of piperazine rings is 1. The Labute approximate surface area is 160 Å². The van der Waals surface area contributed by atoms with E-state index in [1.54, 1.807) is 34.3 Å². The van der Waals surface area contributed by atoms with E-state index in [2.05, 4.69) is 9.97 Å². The summed E-state index contributed by atoms with van der Waals surface area (Å²) in [7, 11) is 0. The molecule has 0 atom stereocenters. The standard InChI is InChI=1S/C19H18N4O3S/c1-13-16(27-17(21-13)14-4-6-20-7-5-14)19(25)23-10-8-22(9-11-23)18(24)15-3-2-12-26-15/h2-7,12H,8-11H2,1H3. The van der Waals surface area contributed by atoms with Crippen LogP contribution < -0.4 is 0 Å². The lowest BCUT2D eigenvalue weighted by Crippen LogP contribution is -2.50. The minimum absolute atomic E-state index is 0.0320. The van der Waals surface area contributed by atoms with Crippen LogP contribution in [0.2, 0.25) is 0 Å². The van der Waals surface area contributed by atoms with Gasteiger partial charge in [0.15, 0.2) is 5.76 Å². The predicted molar refractivity (Wildman–Crippen MR) is 101 cm³/mol. The summed E-state index contributed by atoms with van der Waals surface area (Å²) in [6, 6.07) is 7.11. The highest BCUT2D eigenvalue weighted by Gasteiger charge is 2.28. The van der Waals surface area contributed by atoms with Gasteiger partial charge in [-0.25, -0.2) is 4.98 Å². The van der Waals surface area contributed by atoms with E-state index in [4.69, 9.17) is 4.42 Å². The van der Waals surface area contributed by atoms with Gasteiger partial charge in [0.1, 0.15) is 9.88 Å². The van der Waals surface area contributed by atoms with E-state index in [-0.39, 0.29) is 11.8 Å². The van der Waals surface area contributed by atoms with Gasteiger partial charge in [0.05, 0.1) is 12.0 Å². The average Bonchev–Trinajstić information content (AvgIpc) is 3.38. The number of aromatic nitrogens is 2. The van der Waals surface area contributed by atoms with E-state index in [0.717, 1.165) is 16.3 Å². The molecule has 27 heavy (non-hydrogen) atoms. The number of thiazole rings is 1. The number of hydrogen-bond donors (Lipinski definition) is 0. The van der Waals surface area contributed by atoms with Crippen LogP contribution in [0.5, 0.6) is 0 Å². The fourth-order valence-corrected chi connectivity index (χ4v) is 4.06. The van der Waals surface area contributed by atoms with Crippen molar-refractivity contribution < 1.29 is 14.0 Å². The Hall–Kier alpha value is -3.00. The zero-order chi connectivity index (χ0) is 18.8. The van der Waals surface area contributed by atoms with Crippen LogP contribution in [0.4, 0.5) is 0 Å². The average molecular weight is 382 g/mol. The zero-order valence-electron chi connectivity index (χ0n) is 14.8. The topological polar surface area (TPSA) is 79.5 Å². The molecule has 0 saturated carbocycles. The van der Waals surface area contributed by atoms with Crippen LogP contribution in [0.1, 0.15) is 25.9 Å². The van der Waals surface area contributed by atoms with Crippen molar-refractivity contribution in [1.82, 2.24) is 19.8 Å². The molecule has 4 heterocycles. The van der Waals surface area contributed by atoms with Gasteiger partial charge in [0.2, 0.25) is 0 Å². The van der Waals surface area contributed by atoms with Gasteiger partial charge in [-0.1, -0.05) is 0 Å². The lowest BCUT2D eigenvalue weighted by Gasteiger charge is -2.34. The van der Waals surface area contributed by atoms with Gasteiger partial charge in [-0.3, -0.25) is 14.6 Å². The first kappa shape index (κ1) is 17.4. The molecule has 0 spiro atoms. The summed E-state index contributed by atoms with van der Waals surface area (Å²) in [5.41, 5.74) is 1.68. The summed E-state index contributed by atoms with van der Waals surface area (Å²) in [4.78, 5) is 38.0. The molecular weight excluding hydrogens is 364 g/mol. The Morgan fingerprint density at radius 3 is 2.33 bits per heavy atom. The summed E-state index contributed by atoms with van der Waals surface area (Å²) >= 11 is 1.39. The normalized spacial score (nSPS) is 14.4. The van der Waals surface area contributed by atoms with Crippen LogP contribution in [0, 0.1) is 6.92 Å². The SMILES string of the molecule is Cc1nc(-c2ccncc2)sc1C(=O)N1CCN(C(=O)c2ccco2)CC1. The first-order chi connectivity index (χ1) is 13.1. The third-order valence-corrected chi connectivity index (χ3v) is 5.70. The first-order valence-corrected chi connectivity index (χ1v) is 9.45. The third kappa shape index (κ3) is 3.48. The van der Waals surface area contributed by atoms with E-state index < -0.39 is 0 Å². The zero-order valence-corrected chi connectivity index (χ0v) is 15.6. The molecule has 0 N–H and O–H groups in total. The fraction of sp³-hybridized carbons (Fsp3) is 0.263. The van der Waals surface area contributed by atoms with Gasteiger partial charge in [0, 0.05) is 44.1 Å². The van der Waals surface area contributed by atoms with Crippen LogP contribution in [0.25, 0.3) is 10.6 Å². The largest absolute Gasteiger partial charge is 0.459 e. The van der Waals surface area contributed by atoms with E-state index in [9.17, 15) is 9.59 Å². The summed E-state index contributed by atoms with van der Waals surface area (Å²) in [5.74, 6) is 0.159. The quantitative estimate of drug-likeness (QED) is 0.696. The molecule has 7 nitrogen and oxygen atoms in total. The Bertz CT molecular complexity index is 945. The molecule has 8 heteroatoms. The van der Waals surface area contributed by atoms with Crippen molar-refractivity contribution in [2.45, 2.75) is 6.92 Å². The second kappa shape index (κ2) is 7.32. The minimum Gasteiger partial charge on any atom is -0.459 e. The lowest BCUT2D eigenvalue weighted by atomic mass is 10.2. The first-order valence-electron chi connectivity index (χ1n) is 8.63. The van der Waals surface area contributed by atoms with Crippen LogP contribution in [-0.4, -0.2) is 57.8 Å². The van der Waals surface area contributed by atoms with E-state index in [1.807, 2.05) is 19.1 Å². The van der Waals surface area contributed by atoms with Crippen LogP contribution in [0.15, 0.2) is 47.3 Å². The number of hydrogen-bond acceptors (Lipinski definition) is 6. The molecule has 0 unspecified atom stereocenters. The fourth-order valence-electron chi connectivity index (χ4n) is 3.03. The van der Waals surface area contributed by atoms with Crippen LogP contribution in [0.3, 0.4) is 0 Å². The predicted octanol–water partition coefficient (Wildman–Crippen LogP) is 2.70. The van der Waals surface area contributed by atoms with Gasteiger partial charge >= 0.3 is 0 Å². The Balaban J connectivity index is 1.44. The number of carbonyl (C=O) groups is 2. The van der Waals surface area contributed by atoms with Crippen molar-refractivity contribution in [3.63, 3.8) is 0 Å². The third-order valence-electron chi connectivity index (χ3n) is 4.50. The Kier molecular flexibility index (Phi) is 4.72. The number of furan rings is 1. The molecule has 0 radical (unpaired) electrons. The van der Waals surface area contributed by atoms with Crippen molar-refractivity contribution in [2.24, 2.45) is 0 Å². The maximum Gasteiger partial charge on any atom is 0.289 e. The lowest BCUT2D eigenvalue weighted by molar-refractivity contribution is 0.0520. The van der Waals surface area contributed by atoms with E-state index in [0.29, 0.717) is 36.8 Å². The van der Waals surface area contributed by atoms with E-state index >= 15 is 0 Å². The summed E-state index contributed by atoms with van der Waals surface area (Å²) < 4.78 is 5.17. The Morgan fingerprint density at radius 1 is 1.04 bits per heavy atom. The smallest absolute Gasteiger partial charge is 0.289 e. The van der Waals surface area contributed by atoms with Crippen molar-refractivity contribution in [3.05, 3.63) is 59.3 Å². The molecule has 0 aromatic carbocycles. The van der Waals surface area contributed by atoms with Gasteiger partial charge in [-0.05, 0) is 31.2 Å². The highest BCUT2D eigenvalue weighted by molar-refractivity contribution is 7.17. The number of amides is 2. The van der Waals surface area contributed by atoms with Gasteiger partial charge in [-0.2, -0.15) is 0 Å². The van der Waals surface area contributed by atoms with E-state index in [1.165, 1.54) is 17.6 Å². The summed E-state index contributed by atoms with van der Waals surface area (Å²) in [5, 5.41) is 0.810. The second-order valence-electron chi connectivity index (χ2n) is 6.23. The molecule has 1 aliphatic rings. The van der Waals surface area contributed by atoms with Crippen molar-refractivity contribution in [1.29, 1.82) is 0 Å². The monoisotopic (exact) mass is 382 g/mol. The summed E-state index contributed by atoms with van der Waals surface area (Å²) in [6.45, 7) is 3.81. The van der Waals surface area contributed by atoms with Gasteiger partial charge < -0.3 is 14.2 Å².